The number of nitrogens with zero attached hydrogens (tertiary/aromatic N) is 1. The molecule has 3 heteroatoms. The van der Waals surface area contributed by atoms with E-state index in [0.29, 0.717) is 12.5 Å². The summed E-state index contributed by atoms with van der Waals surface area (Å²) in [6, 6.07) is 0.297. The van der Waals surface area contributed by atoms with Gasteiger partial charge in [0.15, 0.2) is 0 Å². The van der Waals surface area contributed by atoms with Gasteiger partial charge < -0.3 is 10.0 Å². The van der Waals surface area contributed by atoms with Crippen LogP contribution in [0.2, 0.25) is 0 Å². The fourth-order valence-electron chi connectivity index (χ4n) is 1.98. The second-order valence-corrected chi connectivity index (χ2v) is 3.60. The first-order valence-electron chi connectivity index (χ1n) is 5.20. The molecule has 13 heavy (non-hydrogen) atoms. The molecule has 0 aliphatic carbocycles. The van der Waals surface area contributed by atoms with Crippen LogP contribution >= 0.6 is 0 Å². The molecule has 3 nitrogen and oxygen atoms in total. The van der Waals surface area contributed by atoms with Crippen LogP contribution in [0.5, 0.6) is 0 Å². The molecule has 0 aromatic rings. The Hall–Kier alpha value is -0.570. The van der Waals surface area contributed by atoms with E-state index in [1.807, 2.05) is 11.8 Å². The maximum Gasteiger partial charge on any atom is 0.222 e. The monoisotopic (exact) mass is 185 g/mol. The highest BCUT2D eigenvalue weighted by Gasteiger charge is 2.24. The van der Waals surface area contributed by atoms with Gasteiger partial charge in [-0.1, -0.05) is 6.92 Å². The van der Waals surface area contributed by atoms with Gasteiger partial charge in [0.2, 0.25) is 5.91 Å². The number of amides is 1. The van der Waals surface area contributed by atoms with Crippen molar-refractivity contribution in [3.8, 4) is 0 Å². The van der Waals surface area contributed by atoms with E-state index in [-0.39, 0.29) is 12.5 Å². The van der Waals surface area contributed by atoms with Gasteiger partial charge in [0.1, 0.15) is 0 Å². The molecule has 1 amide bonds. The van der Waals surface area contributed by atoms with Gasteiger partial charge in [-0.3, -0.25) is 4.79 Å². The lowest BCUT2D eigenvalue weighted by Crippen LogP contribution is -2.43. The first kappa shape index (κ1) is 10.5. The molecule has 0 aromatic carbocycles. The normalized spacial score (nSPS) is 23.2. The lowest BCUT2D eigenvalue weighted by Gasteiger charge is -2.35. The molecule has 1 aliphatic rings. The van der Waals surface area contributed by atoms with Gasteiger partial charge in [-0.25, -0.2) is 0 Å². The van der Waals surface area contributed by atoms with Crippen molar-refractivity contribution in [2.75, 3.05) is 13.2 Å². The quantitative estimate of drug-likeness (QED) is 0.716. The third kappa shape index (κ3) is 2.69. The molecule has 0 aromatic heterocycles. The van der Waals surface area contributed by atoms with Crippen LogP contribution in [-0.4, -0.2) is 35.1 Å². The lowest BCUT2D eigenvalue weighted by molar-refractivity contribution is -0.134. The minimum Gasteiger partial charge on any atom is -0.396 e. The number of piperidine rings is 1. The summed E-state index contributed by atoms with van der Waals surface area (Å²) in [6.45, 7) is 2.97. The van der Waals surface area contributed by atoms with Crippen LogP contribution < -0.4 is 0 Å². The number of hydrogen-bond donors (Lipinski definition) is 1. The van der Waals surface area contributed by atoms with E-state index >= 15 is 0 Å². The van der Waals surface area contributed by atoms with Gasteiger partial charge in [-0.2, -0.15) is 0 Å². The molecular formula is C10H19NO2. The van der Waals surface area contributed by atoms with Crippen molar-refractivity contribution in [3.63, 3.8) is 0 Å². The van der Waals surface area contributed by atoms with Crippen molar-refractivity contribution in [2.45, 2.75) is 45.1 Å². The van der Waals surface area contributed by atoms with Crippen LogP contribution in [0, 0.1) is 0 Å². The summed E-state index contributed by atoms with van der Waals surface area (Å²) in [5.74, 6) is 0.234. The Balaban J connectivity index is 2.50. The molecule has 1 rings (SSSR count). The second-order valence-electron chi connectivity index (χ2n) is 3.60. The molecule has 1 heterocycles. The smallest absolute Gasteiger partial charge is 0.222 e. The minimum absolute atomic E-state index is 0.193. The largest absolute Gasteiger partial charge is 0.396 e. The molecule has 1 fully saturated rings. The SMILES string of the molecule is CCC(=O)N1CCCCC1CCO. The van der Waals surface area contributed by atoms with E-state index in [1.54, 1.807) is 0 Å². The maximum atomic E-state index is 11.5. The van der Waals surface area contributed by atoms with Gasteiger partial charge in [-0.05, 0) is 25.7 Å². The molecule has 1 unspecified atom stereocenters. The zero-order chi connectivity index (χ0) is 9.68. The molecule has 0 radical (unpaired) electrons. The highest BCUT2D eigenvalue weighted by molar-refractivity contribution is 5.76. The van der Waals surface area contributed by atoms with Crippen LogP contribution in [0.3, 0.4) is 0 Å². The van der Waals surface area contributed by atoms with Gasteiger partial charge in [-0.15, -0.1) is 0 Å². The maximum absolute atomic E-state index is 11.5. The zero-order valence-electron chi connectivity index (χ0n) is 8.33. The van der Waals surface area contributed by atoms with Gasteiger partial charge in [0.05, 0.1) is 0 Å². The van der Waals surface area contributed by atoms with Gasteiger partial charge >= 0.3 is 0 Å². The molecule has 0 saturated carbocycles. The highest BCUT2D eigenvalue weighted by atomic mass is 16.3. The Morgan fingerprint density at radius 3 is 2.92 bits per heavy atom. The summed E-state index contributed by atoms with van der Waals surface area (Å²) in [7, 11) is 0. The fourth-order valence-corrected chi connectivity index (χ4v) is 1.98. The van der Waals surface area contributed by atoms with Crippen LogP contribution in [0.15, 0.2) is 0 Å². The van der Waals surface area contributed by atoms with Crippen molar-refractivity contribution in [2.24, 2.45) is 0 Å². The molecule has 1 aliphatic heterocycles. The predicted molar refractivity (Wildman–Crippen MR) is 51.3 cm³/mol. The number of carbonyl (C=O) groups excluding carboxylic acids is 1. The van der Waals surface area contributed by atoms with E-state index in [4.69, 9.17) is 5.11 Å². The number of hydrogen-bond acceptors (Lipinski definition) is 2. The average Bonchev–Trinajstić information content (AvgIpc) is 2.18. The molecule has 1 atom stereocenters. The molecule has 76 valence electrons. The third-order valence-electron chi connectivity index (χ3n) is 2.71. The molecule has 1 N–H and O–H groups in total. The Morgan fingerprint density at radius 1 is 1.54 bits per heavy atom. The summed E-state index contributed by atoms with van der Waals surface area (Å²) >= 11 is 0. The van der Waals surface area contributed by atoms with Crippen LogP contribution in [-0.2, 0) is 4.79 Å². The summed E-state index contributed by atoms with van der Waals surface area (Å²) in [4.78, 5) is 13.4. The Labute approximate surface area is 79.7 Å². The lowest BCUT2D eigenvalue weighted by atomic mass is 9.99. The molecular weight excluding hydrogens is 166 g/mol. The van der Waals surface area contributed by atoms with Gasteiger partial charge in [0.25, 0.3) is 0 Å². The van der Waals surface area contributed by atoms with Crippen LogP contribution in [0.1, 0.15) is 39.0 Å². The topological polar surface area (TPSA) is 40.5 Å². The number of aliphatic hydroxyl groups is 1. The minimum atomic E-state index is 0.193. The molecule has 0 bridgehead atoms. The Bertz CT molecular complexity index is 168. The summed E-state index contributed by atoms with van der Waals surface area (Å²) in [5.41, 5.74) is 0. The van der Waals surface area contributed by atoms with Crippen LogP contribution in [0.25, 0.3) is 0 Å². The summed E-state index contributed by atoms with van der Waals surface area (Å²) in [5, 5.41) is 8.85. The summed E-state index contributed by atoms with van der Waals surface area (Å²) < 4.78 is 0. The number of likely N-dealkylation sites (tertiary alicyclic amines) is 1. The van der Waals surface area contributed by atoms with E-state index in [2.05, 4.69) is 0 Å². The van der Waals surface area contributed by atoms with E-state index in [0.717, 1.165) is 25.8 Å². The van der Waals surface area contributed by atoms with Crippen LogP contribution in [0.4, 0.5) is 0 Å². The predicted octanol–water partition coefficient (Wildman–Crippen LogP) is 1.16. The highest BCUT2D eigenvalue weighted by Crippen LogP contribution is 2.19. The standard InChI is InChI=1S/C10H19NO2/c1-2-10(13)11-7-4-3-5-9(11)6-8-12/h9,12H,2-8H2,1H3. The molecule has 1 saturated heterocycles. The van der Waals surface area contributed by atoms with Crippen molar-refractivity contribution < 1.29 is 9.90 Å². The molecule has 0 spiro atoms. The number of rotatable bonds is 3. The Morgan fingerprint density at radius 2 is 2.31 bits per heavy atom. The van der Waals surface area contributed by atoms with Gasteiger partial charge in [0, 0.05) is 25.6 Å². The average molecular weight is 185 g/mol. The van der Waals surface area contributed by atoms with Crippen molar-refractivity contribution in [3.05, 3.63) is 0 Å². The fraction of sp³-hybridized carbons (Fsp3) is 0.900. The van der Waals surface area contributed by atoms with Crippen molar-refractivity contribution in [1.29, 1.82) is 0 Å². The van der Waals surface area contributed by atoms with Crippen molar-refractivity contribution in [1.82, 2.24) is 4.90 Å². The number of aliphatic hydroxyl groups excluding tert-OH is 1. The Kier molecular flexibility index (Phi) is 4.22. The van der Waals surface area contributed by atoms with E-state index in [1.165, 1.54) is 6.42 Å². The summed E-state index contributed by atoms with van der Waals surface area (Å²) in [6.07, 6.45) is 4.70. The first-order valence-corrected chi connectivity index (χ1v) is 5.20. The third-order valence-corrected chi connectivity index (χ3v) is 2.71. The number of carbonyl (C=O) groups is 1. The second kappa shape index (κ2) is 5.22. The zero-order valence-corrected chi connectivity index (χ0v) is 8.33. The van der Waals surface area contributed by atoms with E-state index in [9.17, 15) is 4.79 Å². The first-order chi connectivity index (χ1) is 6.29. The van der Waals surface area contributed by atoms with Crippen molar-refractivity contribution >= 4 is 5.91 Å². The van der Waals surface area contributed by atoms with E-state index < -0.39 is 0 Å².